The van der Waals surface area contributed by atoms with Gasteiger partial charge in [-0.15, -0.1) is 11.3 Å². The molecule has 0 unspecified atom stereocenters. The number of carbonyl (C=O) groups excluding carboxylic acids is 1. The Morgan fingerprint density at radius 2 is 2.00 bits per heavy atom. The third-order valence-corrected chi connectivity index (χ3v) is 5.80. The Morgan fingerprint density at radius 1 is 1.29 bits per heavy atom. The van der Waals surface area contributed by atoms with Crippen molar-refractivity contribution in [2.45, 2.75) is 18.6 Å². The normalized spacial score (nSPS) is 20.0. The molecule has 4 rings (SSSR count). The average Bonchev–Trinajstić information content (AvgIpc) is 3.29. The van der Waals surface area contributed by atoms with Gasteiger partial charge in [-0.1, -0.05) is 11.6 Å². The van der Waals surface area contributed by atoms with Crippen molar-refractivity contribution < 1.29 is 14.3 Å². The Morgan fingerprint density at radius 3 is 2.62 bits per heavy atom. The summed E-state index contributed by atoms with van der Waals surface area (Å²) in [5, 5.41) is 4.39. The minimum absolute atomic E-state index is 0.0487. The van der Waals surface area contributed by atoms with Crippen LogP contribution in [0.3, 0.4) is 0 Å². The van der Waals surface area contributed by atoms with Gasteiger partial charge in [0, 0.05) is 33.0 Å². The Balaban J connectivity index is 1.49. The van der Waals surface area contributed by atoms with E-state index in [2.05, 4.69) is 5.10 Å². The molecule has 2 aromatic heterocycles. The lowest BCUT2D eigenvalue weighted by Gasteiger charge is -2.37. The first-order chi connectivity index (χ1) is 11.6. The van der Waals surface area contributed by atoms with E-state index in [0.717, 1.165) is 14.9 Å². The second-order valence-electron chi connectivity index (χ2n) is 6.04. The number of aromatic nitrogens is 2. The van der Waals surface area contributed by atoms with E-state index in [1.807, 2.05) is 30.1 Å². The number of hydrogen-bond acceptors (Lipinski definition) is 5. The number of piperidine rings is 1. The van der Waals surface area contributed by atoms with Gasteiger partial charge in [-0.05, 0) is 18.2 Å². The number of thiophene rings is 1. The number of ether oxygens (including phenoxy) is 2. The maximum absolute atomic E-state index is 12.8. The van der Waals surface area contributed by atoms with E-state index in [0.29, 0.717) is 44.8 Å². The molecular formula is C16H18ClN3O3S. The summed E-state index contributed by atoms with van der Waals surface area (Å²) < 4.78 is 13.9. The zero-order chi connectivity index (χ0) is 16.7. The van der Waals surface area contributed by atoms with Crippen LogP contribution < -0.4 is 0 Å². The number of halogens is 1. The van der Waals surface area contributed by atoms with Crippen LogP contribution in [0.2, 0.25) is 4.34 Å². The molecule has 2 saturated heterocycles. The highest BCUT2D eigenvalue weighted by atomic mass is 35.5. The van der Waals surface area contributed by atoms with Gasteiger partial charge in [-0.2, -0.15) is 5.10 Å². The third-order valence-electron chi connectivity index (χ3n) is 4.55. The Kier molecular flexibility index (Phi) is 4.12. The van der Waals surface area contributed by atoms with E-state index >= 15 is 0 Å². The van der Waals surface area contributed by atoms with Crippen LogP contribution in [0, 0.1) is 0 Å². The van der Waals surface area contributed by atoms with Crippen molar-refractivity contribution in [3.63, 3.8) is 0 Å². The summed E-state index contributed by atoms with van der Waals surface area (Å²) in [7, 11) is 1.84. The molecule has 6 nitrogen and oxygen atoms in total. The lowest BCUT2D eigenvalue weighted by molar-refractivity contribution is -0.181. The van der Waals surface area contributed by atoms with Crippen molar-refractivity contribution >= 4 is 28.8 Å². The van der Waals surface area contributed by atoms with Gasteiger partial charge in [0.25, 0.3) is 5.91 Å². The average molecular weight is 368 g/mol. The van der Waals surface area contributed by atoms with Crippen molar-refractivity contribution in [3.8, 4) is 10.6 Å². The largest absolute Gasteiger partial charge is 0.347 e. The van der Waals surface area contributed by atoms with E-state index in [4.69, 9.17) is 21.1 Å². The summed E-state index contributed by atoms with van der Waals surface area (Å²) in [6.07, 6.45) is 1.41. The Bertz CT molecular complexity index is 756. The van der Waals surface area contributed by atoms with Gasteiger partial charge in [-0.3, -0.25) is 9.48 Å². The SMILES string of the molecule is Cn1nc(C(=O)N2CCC3(CC2)OCCO3)cc1-c1ccc(Cl)s1. The van der Waals surface area contributed by atoms with Crippen molar-refractivity contribution in [2.75, 3.05) is 26.3 Å². The molecule has 0 saturated carbocycles. The highest BCUT2D eigenvalue weighted by molar-refractivity contribution is 7.19. The zero-order valence-electron chi connectivity index (χ0n) is 13.3. The molecule has 128 valence electrons. The van der Waals surface area contributed by atoms with Crippen LogP contribution in [-0.2, 0) is 16.5 Å². The predicted molar refractivity (Wildman–Crippen MR) is 91.3 cm³/mol. The van der Waals surface area contributed by atoms with Crippen LogP contribution in [0.1, 0.15) is 23.3 Å². The minimum Gasteiger partial charge on any atom is -0.347 e. The highest BCUT2D eigenvalue weighted by Gasteiger charge is 2.41. The number of nitrogens with zero attached hydrogens (tertiary/aromatic N) is 3. The molecule has 0 N–H and O–H groups in total. The van der Waals surface area contributed by atoms with Crippen LogP contribution in [0.25, 0.3) is 10.6 Å². The first-order valence-electron chi connectivity index (χ1n) is 7.93. The summed E-state index contributed by atoms with van der Waals surface area (Å²) in [6, 6.07) is 5.62. The van der Waals surface area contributed by atoms with Gasteiger partial charge in [-0.25, -0.2) is 0 Å². The van der Waals surface area contributed by atoms with Crippen LogP contribution >= 0.6 is 22.9 Å². The van der Waals surface area contributed by atoms with Gasteiger partial charge in [0.05, 0.1) is 28.1 Å². The number of carbonyl (C=O) groups is 1. The third kappa shape index (κ3) is 2.86. The second kappa shape index (κ2) is 6.15. The Labute approximate surface area is 148 Å². The summed E-state index contributed by atoms with van der Waals surface area (Å²) >= 11 is 7.48. The van der Waals surface area contributed by atoms with Gasteiger partial charge in [0.15, 0.2) is 11.5 Å². The zero-order valence-corrected chi connectivity index (χ0v) is 14.9. The van der Waals surface area contributed by atoms with Crippen molar-refractivity contribution in [1.82, 2.24) is 14.7 Å². The molecule has 2 aromatic rings. The standard InChI is InChI=1S/C16H18ClN3O3S/c1-19-12(13-2-3-14(17)24-13)10-11(18-19)15(21)20-6-4-16(5-7-20)22-8-9-23-16/h2-3,10H,4-9H2,1H3. The van der Waals surface area contributed by atoms with E-state index in [1.165, 1.54) is 11.3 Å². The second-order valence-corrected chi connectivity index (χ2v) is 7.76. The summed E-state index contributed by atoms with van der Waals surface area (Å²) in [6.45, 7) is 2.52. The van der Waals surface area contributed by atoms with Crippen molar-refractivity contribution in [2.24, 2.45) is 7.05 Å². The van der Waals surface area contributed by atoms with Gasteiger partial charge in [0.2, 0.25) is 0 Å². The topological polar surface area (TPSA) is 56.6 Å². The van der Waals surface area contributed by atoms with Crippen LogP contribution in [-0.4, -0.2) is 52.7 Å². The summed E-state index contributed by atoms with van der Waals surface area (Å²) in [4.78, 5) is 15.6. The first kappa shape index (κ1) is 16.1. The molecule has 8 heteroatoms. The minimum atomic E-state index is -0.472. The van der Waals surface area contributed by atoms with E-state index in [-0.39, 0.29) is 5.91 Å². The lowest BCUT2D eigenvalue weighted by atomic mass is 10.0. The number of amides is 1. The molecule has 0 bridgehead atoms. The van der Waals surface area contributed by atoms with Crippen molar-refractivity contribution in [3.05, 3.63) is 28.2 Å². The summed E-state index contributed by atoms with van der Waals surface area (Å²) in [5.74, 6) is -0.521. The molecular weight excluding hydrogens is 350 g/mol. The van der Waals surface area contributed by atoms with E-state index in [9.17, 15) is 4.79 Å². The molecule has 1 amide bonds. The molecule has 0 atom stereocenters. The maximum Gasteiger partial charge on any atom is 0.274 e. The predicted octanol–water partition coefficient (Wildman–Crippen LogP) is 2.78. The number of hydrogen-bond donors (Lipinski definition) is 0. The van der Waals surface area contributed by atoms with E-state index < -0.39 is 5.79 Å². The molecule has 0 radical (unpaired) electrons. The number of aryl methyl sites for hydroxylation is 1. The molecule has 2 aliphatic rings. The van der Waals surface area contributed by atoms with Crippen LogP contribution in [0.15, 0.2) is 18.2 Å². The van der Waals surface area contributed by atoms with Gasteiger partial charge < -0.3 is 14.4 Å². The van der Waals surface area contributed by atoms with E-state index in [1.54, 1.807) is 4.68 Å². The molecule has 4 heterocycles. The molecule has 0 aliphatic carbocycles. The fraction of sp³-hybridized carbons (Fsp3) is 0.500. The Hall–Kier alpha value is -1.41. The fourth-order valence-electron chi connectivity index (χ4n) is 3.25. The molecule has 1 spiro atoms. The number of rotatable bonds is 2. The molecule has 0 aromatic carbocycles. The lowest BCUT2D eigenvalue weighted by Crippen LogP contribution is -2.47. The molecule has 2 fully saturated rings. The van der Waals surface area contributed by atoms with Gasteiger partial charge >= 0.3 is 0 Å². The van der Waals surface area contributed by atoms with Crippen LogP contribution in [0.5, 0.6) is 0 Å². The fourth-order valence-corrected chi connectivity index (χ4v) is 4.34. The first-order valence-corrected chi connectivity index (χ1v) is 9.13. The maximum atomic E-state index is 12.8. The molecule has 24 heavy (non-hydrogen) atoms. The van der Waals surface area contributed by atoms with Crippen LogP contribution in [0.4, 0.5) is 0 Å². The quantitative estimate of drug-likeness (QED) is 0.819. The number of likely N-dealkylation sites (tertiary alicyclic amines) is 1. The smallest absolute Gasteiger partial charge is 0.274 e. The van der Waals surface area contributed by atoms with Crippen molar-refractivity contribution in [1.29, 1.82) is 0 Å². The molecule has 2 aliphatic heterocycles. The monoisotopic (exact) mass is 367 g/mol. The summed E-state index contributed by atoms with van der Waals surface area (Å²) in [5.41, 5.74) is 1.35. The van der Waals surface area contributed by atoms with Gasteiger partial charge in [0.1, 0.15) is 0 Å². The highest BCUT2D eigenvalue weighted by Crippen LogP contribution is 2.33.